The summed E-state index contributed by atoms with van der Waals surface area (Å²) in [6, 6.07) is 4.45. The molecule has 2 rings (SSSR count). The molecule has 1 aromatic carbocycles. The lowest BCUT2D eigenvalue weighted by atomic mass is 9.96. The number of ketones is 1. The Morgan fingerprint density at radius 2 is 2.37 bits per heavy atom. The van der Waals surface area contributed by atoms with Crippen LogP contribution in [0.15, 0.2) is 18.2 Å². The van der Waals surface area contributed by atoms with E-state index in [1.54, 1.807) is 13.0 Å². The summed E-state index contributed by atoms with van der Waals surface area (Å²) in [5.41, 5.74) is 0.854. The number of aryl methyl sites for hydroxylation is 1. The van der Waals surface area contributed by atoms with Gasteiger partial charge in [-0.2, -0.15) is 0 Å². The third kappa shape index (κ3) is 3.77. The Hall–Kier alpha value is -1.42. The maximum Gasteiger partial charge on any atom is 0.129 e. The highest BCUT2D eigenvalue weighted by atomic mass is 19.1. The fraction of sp³-hybridized carbons (Fsp3) is 0.533. The van der Waals surface area contributed by atoms with E-state index in [1.165, 1.54) is 12.1 Å². The Labute approximate surface area is 112 Å². The molecule has 104 valence electrons. The lowest BCUT2D eigenvalue weighted by Gasteiger charge is -2.29. The van der Waals surface area contributed by atoms with E-state index in [2.05, 4.69) is 0 Å². The molecule has 1 aliphatic heterocycles. The van der Waals surface area contributed by atoms with E-state index in [4.69, 9.17) is 4.74 Å². The van der Waals surface area contributed by atoms with Gasteiger partial charge in [-0.3, -0.25) is 0 Å². The SMILES string of the molecule is CC(=O)CCC[C@@H](O)[C@H]1CCc2cc(F)ccc2O1. The summed E-state index contributed by atoms with van der Waals surface area (Å²) in [5, 5.41) is 10.1. The summed E-state index contributed by atoms with van der Waals surface area (Å²) in [5.74, 6) is 0.531. The van der Waals surface area contributed by atoms with Gasteiger partial charge in [0.2, 0.25) is 0 Å². The van der Waals surface area contributed by atoms with Crippen molar-refractivity contribution in [2.24, 2.45) is 0 Å². The van der Waals surface area contributed by atoms with Gasteiger partial charge in [-0.25, -0.2) is 4.39 Å². The number of rotatable bonds is 5. The second-order valence-corrected chi connectivity index (χ2v) is 5.11. The van der Waals surface area contributed by atoms with Crippen LogP contribution in [0.4, 0.5) is 4.39 Å². The Bertz CT molecular complexity index is 459. The molecule has 0 aliphatic carbocycles. The quantitative estimate of drug-likeness (QED) is 0.891. The van der Waals surface area contributed by atoms with Gasteiger partial charge in [0.25, 0.3) is 0 Å². The fourth-order valence-electron chi connectivity index (χ4n) is 2.40. The molecule has 3 nitrogen and oxygen atoms in total. The third-order valence-electron chi connectivity index (χ3n) is 3.46. The van der Waals surface area contributed by atoms with Crippen molar-refractivity contribution in [2.75, 3.05) is 0 Å². The Morgan fingerprint density at radius 3 is 3.11 bits per heavy atom. The maximum atomic E-state index is 13.1. The van der Waals surface area contributed by atoms with Crippen LogP contribution in [0.1, 0.15) is 38.2 Å². The van der Waals surface area contributed by atoms with Crippen LogP contribution in [0.3, 0.4) is 0 Å². The molecule has 0 unspecified atom stereocenters. The van der Waals surface area contributed by atoms with Crippen LogP contribution in [0, 0.1) is 5.82 Å². The second kappa shape index (κ2) is 6.15. The van der Waals surface area contributed by atoms with Crippen LogP contribution in [0.25, 0.3) is 0 Å². The molecule has 1 aliphatic rings. The number of aliphatic hydroxyl groups excluding tert-OH is 1. The van der Waals surface area contributed by atoms with Gasteiger partial charge in [-0.15, -0.1) is 0 Å². The van der Waals surface area contributed by atoms with Crippen molar-refractivity contribution < 1.29 is 19.0 Å². The number of fused-ring (bicyclic) bond motifs is 1. The van der Waals surface area contributed by atoms with E-state index in [-0.39, 0.29) is 17.7 Å². The van der Waals surface area contributed by atoms with Crippen LogP contribution in [0.5, 0.6) is 5.75 Å². The molecule has 4 heteroatoms. The van der Waals surface area contributed by atoms with E-state index in [0.29, 0.717) is 37.9 Å². The summed E-state index contributed by atoms with van der Waals surface area (Å²) in [4.78, 5) is 10.8. The predicted molar refractivity (Wildman–Crippen MR) is 69.7 cm³/mol. The monoisotopic (exact) mass is 266 g/mol. The minimum absolute atomic E-state index is 0.137. The minimum atomic E-state index is -0.572. The number of Topliss-reactive ketones (excluding diaryl/α,β-unsaturated/α-hetero) is 1. The predicted octanol–water partition coefficient (Wildman–Crippen LogP) is 2.64. The molecule has 2 atom stereocenters. The van der Waals surface area contributed by atoms with E-state index in [9.17, 15) is 14.3 Å². The zero-order valence-corrected chi connectivity index (χ0v) is 11.1. The molecule has 1 aromatic rings. The number of carbonyl (C=O) groups excluding carboxylic acids is 1. The molecule has 0 fully saturated rings. The minimum Gasteiger partial charge on any atom is -0.487 e. The summed E-state index contributed by atoms with van der Waals surface area (Å²) < 4.78 is 18.8. The Kier molecular flexibility index (Phi) is 4.53. The number of ether oxygens (including phenoxy) is 1. The molecule has 1 N–H and O–H groups in total. The first-order valence-electron chi connectivity index (χ1n) is 6.69. The summed E-state index contributed by atoms with van der Waals surface area (Å²) in [7, 11) is 0. The molecular formula is C15H19FO3. The van der Waals surface area contributed by atoms with Crippen molar-refractivity contribution in [3.63, 3.8) is 0 Å². The molecule has 1 heterocycles. The van der Waals surface area contributed by atoms with Gasteiger partial charge < -0.3 is 14.6 Å². The first-order chi connectivity index (χ1) is 9.06. The largest absolute Gasteiger partial charge is 0.487 e. The summed E-state index contributed by atoms with van der Waals surface area (Å²) in [6.07, 6.45) is 2.28. The molecule has 0 saturated heterocycles. The third-order valence-corrected chi connectivity index (χ3v) is 3.46. The number of carbonyl (C=O) groups is 1. The smallest absolute Gasteiger partial charge is 0.129 e. The average Bonchev–Trinajstić information content (AvgIpc) is 2.37. The van der Waals surface area contributed by atoms with Gasteiger partial charge in [0.1, 0.15) is 23.5 Å². The van der Waals surface area contributed by atoms with Crippen LogP contribution in [0.2, 0.25) is 0 Å². The lowest BCUT2D eigenvalue weighted by Crippen LogP contribution is -2.35. The zero-order chi connectivity index (χ0) is 13.8. The van der Waals surface area contributed by atoms with E-state index >= 15 is 0 Å². The molecular weight excluding hydrogens is 247 g/mol. The molecule has 0 bridgehead atoms. The topological polar surface area (TPSA) is 46.5 Å². The van der Waals surface area contributed by atoms with Crippen molar-refractivity contribution in [1.29, 1.82) is 0 Å². The van der Waals surface area contributed by atoms with Crippen LogP contribution >= 0.6 is 0 Å². The number of halogens is 1. The Balaban J connectivity index is 1.90. The van der Waals surface area contributed by atoms with Gasteiger partial charge in [0, 0.05) is 6.42 Å². The first kappa shape index (κ1) is 14.0. The summed E-state index contributed by atoms with van der Waals surface area (Å²) >= 11 is 0. The van der Waals surface area contributed by atoms with Gasteiger partial charge in [0.15, 0.2) is 0 Å². The molecule has 19 heavy (non-hydrogen) atoms. The van der Waals surface area contributed by atoms with Gasteiger partial charge >= 0.3 is 0 Å². The first-order valence-corrected chi connectivity index (χ1v) is 6.69. The second-order valence-electron chi connectivity index (χ2n) is 5.11. The highest BCUT2D eigenvalue weighted by molar-refractivity contribution is 5.75. The van der Waals surface area contributed by atoms with Gasteiger partial charge in [-0.05, 0) is 56.4 Å². The number of hydrogen-bond acceptors (Lipinski definition) is 3. The van der Waals surface area contributed by atoms with Crippen molar-refractivity contribution in [3.05, 3.63) is 29.6 Å². The van der Waals surface area contributed by atoms with Crippen molar-refractivity contribution in [1.82, 2.24) is 0 Å². The molecule has 0 aromatic heterocycles. The van der Waals surface area contributed by atoms with E-state index in [0.717, 1.165) is 5.56 Å². The van der Waals surface area contributed by atoms with Crippen LogP contribution in [-0.4, -0.2) is 23.1 Å². The van der Waals surface area contributed by atoms with Crippen LogP contribution in [-0.2, 0) is 11.2 Å². The van der Waals surface area contributed by atoms with Crippen molar-refractivity contribution >= 4 is 5.78 Å². The standard InChI is InChI=1S/C15H19FO3/c1-10(17)3-2-4-13(18)15-7-5-11-9-12(16)6-8-14(11)19-15/h6,8-9,13,15,18H,2-5,7H2,1H3/t13-,15-/m1/s1. The highest BCUT2D eigenvalue weighted by Crippen LogP contribution is 2.30. The molecule has 0 saturated carbocycles. The van der Waals surface area contributed by atoms with E-state index < -0.39 is 6.10 Å². The number of aliphatic hydroxyl groups is 1. The average molecular weight is 266 g/mol. The summed E-state index contributed by atoms with van der Waals surface area (Å²) in [6.45, 7) is 1.55. The fourth-order valence-corrected chi connectivity index (χ4v) is 2.40. The molecule has 0 amide bonds. The molecule has 0 radical (unpaired) electrons. The van der Waals surface area contributed by atoms with Gasteiger partial charge in [-0.1, -0.05) is 0 Å². The number of benzene rings is 1. The van der Waals surface area contributed by atoms with E-state index in [1.807, 2.05) is 0 Å². The maximum absolute atomic E-state index is 13.1. The lowest BCUT2D eigenvalue weighted by molar-refractivity contribution is -0.117. The Morgan fingerprint density at radius 1 is 1.58 bits per heavy atom. The van der Waals surface area contributed by atoms with Crippen LogP contribution < -0.4 is 4.74 Å². The zero-order valence-electron chi connectivity index (χ0n) is 11.1. The normalized spacial score (nSPS) is 19.4. The van der Waals surface area contributed by atoms with Gasteiger partial charge in [0.05, 0.1) is 6.10 Å². The van der Waals surface area contributed by atoms with Crippen molar-refractivity contribution in [2.45, 2.75) is 51.2 Å². The molecule has 0 spiro atoms. The van der Waals surface area contributed by atoms with Crippen molar-refractivity contribution in [3.8, 4) is 5.75 Å². The highest BCUT2D eigenvalue weighted by Gasteiger charge is 2.26. The number of hydrogen-bond donors (Lipinski definition) is 1.